The highest BCUT2D eigenvalue weighted by molar-refractivity contribution is 6.00. The van der Waals surface area contributed by atoms with Gasteiger partial charge in [0.2, 0.25) is 0 Å². The van der Waals surface area contributed by atoms with E-state index in [1.54, 1.807) is 0 Å². The summed E-state index contributed by atoms with van der Waals surface area (Å²) in [5.41, 5.74) is 0.147. The van der Waals surface area contributed by atoms with Crippen LogP contribution in [0.5, 0.6) is 5.75 Å². The summed E-state index contributed by atoms with van der Waals surface area (Å²) in [5, 5.41) is 0. The first-order valence-corrected chi connectivity index (χ1v) is 8.78. The Morgan fingerprint density at radius 2 is 2.00 bits per heavy atom. The molecule has 2 heterocycles. The molecule has 2 atom stereocenters. The zero-order chi connectivity index (χ0) is 18.7. The Kier molecular flexibility index (Phi) is 5.88. The first kappa shape index (κ1) is 19.4. The molecule has 0 saturated carbocycles. The molecule has 0 radical (unpaired) electrons. The molecule has 5 heteroatoms. The molecule has 138 valence electrons. The minimum absolute atomic E-state index is 0.230. The maximum Gasteiger partial charge on any atom is 0.293 e. The molecule has 1 spiro atoms. The van der Waals surface area contributed by atoms with Gasteiger partial charge in [-0.3, -0.25) is 9.59 Å². The van der Waals surface area contributed by atoms with Gasteiger partial charge < -0.3 is 14.4 Å². The molecule has 1 aromatic carbocycles. The number of nitrogens with zero attached hydrogens (tertiary/aromatic N) is 1. The van der Waals surface area contributed by atoms with E-state index < -0.39 is 0 Å². The Bertz CT molecular complexity index is 622. The summed E-state index contributed by atoms with van der Waals surface area (Å²) in [6.07, 6.45) is 1.46. The summed E-state index contributed by atoms with van der Waals surface area (Å²) in [5.74, 6) is 1.38. The molecule has 2 aliphatic heterocycles. The minimum atomic E-state index is -0.318. The standard InChI is InChI=1S/C15H19NO2.C5H10O2/c1-11-10-16(2)8-7-15(11)9-13(17)12-5-3-4-6-14(12)18-15;1-5(2,3)7-4-6/h3-6,11H,7-10H2,1-2H3;4H,1-3H3. The average Bonchev–Trinajstić information content (AvgIpc) is 2.51. The summed E-state index contributed by atoms with van der Waals surface area (Å²) >= 11 is 0. The van der Waals surface area contributed by atoms with Gasteiger partial charge in [0.15, 0.2) is 5.78 Å². The fraction of sp³-hybridized carbons (Fsp3) is 0.600. The third-order valence-corrected chi connectivity index (χ3v) is 4.76. The van der Waals surface area contributed by atoms with Crippen LogP contribution in [0.15, 0.2) is 24.3 Å². The summed E-state index contributed by atoms with van der Waals surface area (Å²) < 4.78 is 10.8. The Morgan fingerprint density at radius 1 is 1.32 bits per heavy atom. The summed E-state index contributed by atoms with van der Waals surface area (Å²) in [7, 11) is 2.13. The molecule has 3 rings (SSSR count). The molecule has 1 saturated heterocycles. The highest BCUT2D eigenvalue weighted by Gasteiger charge is 2.46. The lowest BCUT2D eigenvalue weighted by atomic mass is 9.76. The van der Waals surface area contributed by atoms with Crippen LogP contribution in [-0.4, -0.2) is 48.5 Å². The van der Waals surface area contributed by atoms with Crippen molar-refractivity contribution in [3.63, 3.8) is 0 Å². The van der Waals surface area contributed by atoms with Crippen molar-refractivity contribution in [1.82, 2.24) is 4.90 Å². The van der Waals surface area contributed by atoms with Crippen molar-refractivity contribution < 1.29 is 19.1 Å². The Balaban J connectivity index is 0.000000277. The molecular formula is C20H29NO4. The number of rotatable bonds is 1. The van der Waals surface area contributed by atoms with E-state index in [0.717, 1.165) is 30.8 Å². The predicted molar refractivity (Wildman–Crippen MR) is 96.9 cm³/mol. The van der Waals surface area contributed by atoms with Gasteiger partial charge in [0.25, 0.3) is 6.47 Å². The zero-order valence-corrected chi connectivity index (χ0v) is 15.9. The van der Waals surface area contributed by atoms with Crippen LogP contribution >= 0.6 is 0 Å². The zero-order valence-electron chi connectivity index (χ0n) is 15.9. The van der Waals surface area contributed by atoms with E-state index in [-0.39, 0.29) is 17.0 Å². The van der Waals surface area contributed by atoms with Crippen LogP contribution in [0.2, 0.25) is 0 Å². The highest BCUT2D eigenvalue weighted by Crippen LogP contribution is 2.41. The van der Waals surface area contributed by atoms with Gasteiger partial charge >= 0.3 is 0 Å². The number of hydrogen-bond acceptors (Lipinski definition) is 5. The minimum Gasteiger partial charge on any atom is -0.486 e. The SMILES string of the molecule is CC(C)(C)OC=O.CC1CN(C)CCC12CC(=O)c1ccccc1O2. The van der Waals surface area contributed by atoms with Crippen molar-refractivity contribution in [2.45, 2.75) is 51.7 Å². The van der Waals surface area contributed by atoms with E-state index in [0.29, 0.717) is 18.8 Å². The second kappa shape index (κ2) is 7.56. The fourth-order valence-electron chi connectivity index (χ4n) is 3.32. The Hall–Kier alpha value is -1.88. The van der Waals surface area contributed by atoms with Crippen LogP contribution in [0.1, 0.15) is 50.9 Å². The highest BCUT2D eigenvalue weighted by atomic mass is 16.5. The number of para-hydroxylation sites is 1. The van der Waals surface area contributed by atoms with Crippen molar-refractivity contribution in [3.8, 4) is 5.75 Å². The third-order valence-electron chi connectivity index (χ3n) is 4.76. The van der Waals surface area contributed by atoms with E-state index in [1.807, 2.05) is 45.0 Å². The lowest BCUT2D eigenvalue weighted by molar-refractivity contribution is -0.138. The van der Waals surface area contributed by atoms with E-state index >= 15 is 0 Å². The molecule has 0 aromatic heterocycles. The molecule has 2 aliphatic rings. The first-order chi connectivity index (χ1) is 11.7. The Labute approximate surface area is 150 Å². The van der Waals surface area contributed by atoms with Crippen molar-refractivity contribution in [3.05, 3.63) is 29.8 Å². The molecule has 1 aromatic rings. The number of fused-ring (bicyclic) bond motifs is 1. The van der Waals surface area contributed by atoms with Crippen molar-refractivity contribution in [1.29, 1.82) is 0 Å². The molecule has 1 fully saturated rings. The number of carbonyl (C=O) groups excluding carboxylic acids is 2. The summed E-state index contributed by atoms with van der Waals surface area (Å²) in [6.45, 7) is 10.1. The van der Waals surface area contributed by atoms with Gasteiger partial charge in [0, 0.05) is 25.4 Å². The predicted octanol–water partition coefficient (Wildman–Crippen LogP) is 3.32. The maximum absolute atomic E-state index is 12.3. The van der Waals surface area contributed by atoms with Gasteiger partial charge in [-0.15, -0.1) is 0 Å². The van der Waals surface area contributed by atoms with Crippen LogP contribution in [0, 0.1) is 5.92 Å². The molecular weight excluding hydrogens is 318 g/mol. The van der Waals surface area contributed by atoms with Gasteiger partial charge in [-0.1, -0.05) is 19.1 Å². The lowest BCUT2D eigenvalue weighted by Crippen LogP contribution is -2.55. The third kappa shape index (κ3) is 4.82. The van der Waals surface area contributed by atoms with Gasteiger partial charge in [0.05, 0.1) is 12.0 Å². The van der Waals surface area contributed by atoms with Gasteiger partial charge in [-0.25, -0.2) is 0 Å². The van der Waals surface area contributed by atoms with Crippen LogP contribution < -0.4 is 4.74 Å². The van der Waals surface area contributed by atoms with E-state index in [9.17, 15) is 9.59 Å². The summed E-state index contributed by atoms with van der Waals surface area (Å²) in [4.78, 5) is 24.2. The normalized spacial score (nSPS) is 26.1. The van der Waals surface area contributed by atoms with E-state index in [1.165, 1.54) is 0 Å². The topological polar surface area (TPSA) is 55.8 Å². The molecule has 2 unspecified atom stereocenters. The van der Waals surface area contributed by atoms with E-state index in [2.05, 4.69) is 23.6 Å². The van der Waals surface area contributed by atoms with Gasteiger partial charge in [-0.05, 0) is 40.0 Å². The number of piperidine rings is 1. The molecule has 25 heavy (non-hydrogen) atoms. The molecule has 5 nitrogen and oxygen atoms in total. The average molecular weight is 347 g/mol. The smallest absolute Gasteiger partial charge is 0.293 e. The van der Waals surface area contributed by atoms with Crippen molar-refractivity contribution in [2.75, 3.05) is 20.1 Å². The largest absolute Gasteiger partial charge is 0.486 e. The number of hydrogen-bond donors (Lipinski definition) is 0. The maximum atomic E-state index is 12.3. The number of Topliss-reactive ketones (excluding diaryl/α,β-unsaturated/α-hetero) is 1. The number of carbonyl (C=O) groups is 2. The van der Waals surface area contributed by atoms with Gasteiger partial charge in [-0.2, -0.15) is 0 Å². The summed E-state index contributed by atoms with van der Waals surface area (Å²) in [6, 6.07) is 7.62. The number of benzene rings is 1. The second-order valence-corrected chi connectivity index (χ2v) is 8.00. The number of ketones is 1. The molecule has 0 N–H and O–H groups in total. The first-order valence-electron chi connectivity index (χ1n) is 8.78. The number of likely N-dealkylation sites (tertiary alicyclic amines) is 1. The van der Waals surface area contributed by atoms with Crippen LogP contribution in [0.4, 0.5) is 0 Å². The van der Waals surface area contributed by atoms with Crippen molar-refractivity contribution >= 4 is 12.3 Å². The van der Waals surface area contributed by atoms with Gasteiger partial charge in [0.1, 0.15) is 17.0 Å². The monoisotopic (exact) mass is 347 g/mol. The second-order valence-electron chi connectivity index (χ2n) is 8.00. The van der Waals surface area contributed by atoms with Crippen LogP contribution in [0.25, 0.3) is 0 Å². The fourth-order valence-corrected chi connectivity index (χ4v) is 3.32. The van der Waals surface area contributed by atoms with E-state index in [4.69, 9.17) is 4.74 Å². The number of ether oxygens (including phenoxy) is 2. The Morgan fingerprint density at radius 3 is 2.56 bits per heavy atom. The van der Waals surface area contributed by atoms with Crippen LogP contribution in [0.3, 0.4) is 0 Å². The van der Waals surface area contributed by atoms with Crippen LogP contribution in [-0.2, 0) is 9.53 Å². The van der Waals surface area contributed by atoms with Crippen molar-refractivity contribution in [2.24, 2.45) is 5.92 Å². The molecule has 0 aliphatic carbocycles. The molecule has 0 bridgehead atoms. The lowest BCUT2D eigenvalue weighted by Gasteiger charge is -2.47. The quantitative estimate of drug-likeness (QED) is 0.730. The molecule has 0 amide bonds.